The quantitative estimate of drug-likeness (QED) is 0.305. The number of likely N-dealkylation sites (tertiary alicyclic amines) is 2. The van der Waals surface area contributed by atoms with Crippen molar-refractivity contribution in [1.82, 2.24) is 9.80 Å². The van der Waals surface area contributed by atoms with Gasteiger partial charge < -0.3 is 15.4 Å². The monoisotopic (exact) mass is 528 g/mol. The van der Waals surface area contributed by atoms with Crippen molar-refractivity contribution in [2.45, 2.75) is 37.8 Å². The highest BCUT2D eigenvalue weighted by Gasteiger charge is 2.35. The van der Waals surface area contributed by atoms with E-state index >= 15 is 0 Å². The SMILES string of the molecule is C=N/C=C(/C(=O)N1CCC(N2CC[C@H](Cc3ccc(Cl)c(Cl)c3)[C@H](OC)C2)CC1)c1ccccc1N. The topological polar surface area (TPSA) is 71.2 Å². The Balaban J connectivity index is 1.34. The van der Waals surface area contributed by atoms with Crippen molar-refractivity contribution in [3.63, 3.8) is 0 Å². The molecule has 0 spiro atoms. The molecule has 2 aliphatic rings. The van der Waals surface area contributed by atoms with Gasteiger partial charge in [-0.3, -0.25) is 14.7 Å². The maximum Gasteiger partial charge on any atom is 0.256 e. The van der Waals surface area contributed by atoms with Gasteiger partial charge in [-0.05, 0) is 68.6 Å². The molecule has 0 aromatic heterocycles. The number of hydrogen-bond acceptors (Lipinski definition) is 5. The van der Waals surface area contributed by atoms with Gasteiger partial charge >= 0.3 is 0 Å². The average Bonchev–Trinajstić information content (AvgIpc) is 2.90. The fraction of sp³-hybridized carbons (Fsp3) is 0.429. The van der Waals surface area contributed by atoms with Crippen molar-refractivity contribution in [2.24, 2.45) is 10.9 Å². The predicted octanol–water partition coefficient (Wildman–Crippen LogP) is 5.19. The number of carbonyl (C=O) groups is 1. The Labute approximate surface area is 223 Å². The Bertz CT molecular complexity index is 1110. The molecule has 2 heterocycles. The number of benzene rings is 2. The molecule has 2 saturated heterocycles. The van der Waals surface area contributed by atoms with Crippen LogP contribution in [0.3, 0.4) is 0 Å². The van der Waals surface area contributed by atoms with Crippen LogP contribution in [-0.2, 0) is 16.0 Å². The third-order valence-corrected chi connectivity index (χ3v) is 8.22. The first-order valence-electron chi connectivity index (χ1n) is 12.4. The summed E-state index contributed by atoms with van der Waals surface area (Å²) in [5.74, 6) is 0.384. The second-order valence-corrected chi connectivity index (χ2v) is 10.4. The van der Waals surface area contributed by atoms with Gasteiger partial charge in [-0.2, -0.15) is 0 Å². The molecule has 2 atom stereocenters. The van der Waals surface area contributed by atoms with E-state index in [9.17, 15) is 4.79 Å². The van der Waals surface area contributed by atoms with Gasteiger partial charge in [0, 0.05) is 50.2 Å². The van der Waals surface area contributed by atoms with Gasteiger partial charge in [-0.15, -0.1) is 0 Å². The standard InChI is InChI=1S/C28H34Cl2N4O2/c1-32-17-23(22-5-3-4-6-26(22)31)28(35)33-13-10-21(11-14-33)34-12-9-20(27(18-34)36-2)15-19-7-8-24(29)25(30)16-19/h3-8,16-17,20-21,27H,1,9-15,18,31H2,2H3/b23-17+/t20-,27-/m1/s1. The number of halogens is 2. The minimum Gasteiger partial charge on any atom is -0.398 e. The number of rotatable bonds is 7. The molecule has 1 amide bonds. The number of anilines is 1. The van der Waals surface area contributed by atoms with E-state index < -0.39 is 0 Å². The van der Waals surface area contributed by atoms with Gasteiger partial charge in [-0.1, -0.05) is 47.5 Å². The smallest absolute Gasteiger partial charge is 0.256 e. The van der Waals surface area contributed by atoms with Gasteiger partial charge in [-0.25, -0.2) is 0 Å². The van der Waals surface area contributed by atoms with Crippen LogP contribution in [0.5, 0.6) is 0 Å². The molecule has 4 rings (SSSR count). The molecule has 6 nitrogen and oxygen atoms in total. The summed E-state index contributed by atoms with van der Waals surface area (Å²) in [4.78, 5) is 21.7. The number of methoxy groups -OCH3 is 1. The molecule has 36 heavy (non-hydrogen) atoms. The highest BCUT2D eigenvalue weighted by atomic mass is 35.5. The number of hydrogen-bond donors (Lipinski definition) is 1. The zero-order valence-corrected chi connectivity index (χ0v) is 22.2. The summed E-state index contributed by atoms with van der Waals surface area (Å²) >= 11 is 12.3. The number of nitrogens with zero attached hydrogens (tertiary/aromatic N) is 3. The highest BCUT2D eigenvalue weighted by Crippen LogP contribution is 2.31. The molecule has 0 saturated carbocycles. The summed E-state index contributed by atoms with van der Waals surface area (Å²) < 4.78 is 5.93. The highest BCUT2D eigenvalue weighted by molar-refractivity contribution is 6.42. The van der Waals surface area contributed by atoms with Gasteiger partial charge in [0.15, 0.2) is 0 Å². The van der Waals surface area contributed by atoms with Crippen molar-refractivity contribution in [3.8, 4) is 0 Å². The molecule has 2 N–H and O–H groups in total. The van der Waals surface area contributed by atoms with Crippen molar-refractivity contribution >= 4 is 47.1 Å². The Morgan fingerprint density at radius 3 is 2.56 bits per heavy atom. The van der Waals surface area contributed by atoms with Gasteiger partial charge in [0.25, 0.3) is 5.91 Å². The van der Waals surface area contributed by atoms with Crippen molar-refractivity contribution < 1.29 is 9.53 Å². The van der Waals surface area contributed by atoms with E-state index in [0.717, 1.165) is 38.8 Å². The van der Waals surface area contributed by atoms with E-state index in [1.54, 1.807) is 13.2 Å². The zero-order valence-electron chi connectivity index (χ0n) is 20.7. The van der Waals surface area contributed by atoms with Crippen LogP contribution in [0.25, 0.3) is 5.57 Å². The normalized spacial score (nSPS) is 22.0. The summed E-state index contributed by atoms with van der Waals surface area (Å²) in [5.41, 5.74) is 9.07. The fourth-order valence-corrected chi connectivity index (χ4v) is 5.79. The van der Waals surface area contributed by atoms with Gasteiger partial charge in [0.2, 0.25) is 0 Å². The van der Waals surface area contributed by atoms with E-state index in [1.165, 1.54) is 11.8 Å². The molecule has 2 fully saturated rings. The lowest BCUT2D eigenvalue weighted by Gasteiger charge is -2.44. The third kappa shape index (κ3) is 6.12. The summed E-state index contributed by atoms with van der Waals surface area (Å²) in [6.07, 6.45) is 5.51. The second kappa shape index (κ2) is 12.2. The Hall–Kier alpha value is -2.38. The summed E-state index contributed by atoms with van der Waals surface area (Å²) in [6, 6.07) is 13.7. The zero-order chi connectivity index (χ0) is 25.7. The van der Waals surface area contributed by atoms with Crippen molar-refractivity contribution in [2.75, 3.05) is 39.0 Å². The first-order chi connectivity index (χ1) is 17.4. The number of nitrogen functional groups attached to an aromatic ring is 1. The summed E-state index contributed by atoms with van der Waals surface area (Å²) in [6.45, 7) is 6.86. The van der Waals surface area contributed by atoms with Crippen LogP contribution in [0.2, 0.25) is 10.0 Å². The number of piperidine rings is 2. The maximum absolute atomic E-state index is 13.3. The van der Waals surface area contributed by atoms with Crippen LogP contribution in [0.4, 0.5) is 5.69 Å². The molecular formula is C28H34Cl2N4O2. The number of para-hydroxylation sites is 1. The number of nitrogens with two attached hydrogens (primary N) is 1. The summed E-state index contributed by atoms with van der Waals surface area (Å²) in [5, 5.41) is 1.18. The van der Waals surface area contributed by atoms with E-state index in [4.69, 9.17) is 33.7 Å². The van der Waals surface area contributed by atoms with Gasteiger partial charge in [0.05, 0.1) is 21.7 Å². The molecule has 0 bridgehead atoms. The molecule has 0 radical (unpaired) electrons. The van der Waals surface area contributed by atoms with Crippen LogP contribution in [0.1, 0.15) is 30.4 Å². The van der Waals surface area contributed by atoms with Crippen LogP contribution in [0.15, 0.2) is 53.7 Å². The molecular weight excluding hydrogens is 495 g/mol. The Morgan fingerprint density at radius 1 is 1.14 bits per heavy atom. The number of carbonyl (C=O) groups excluding carboxylic acids is 1. The lowest BCUT2D eigenvalue weighted by molar-refractivity contribution is -0.127. The fourth-order valence-electron chi connectivity index (χ4n) is 5.47. The number of ether oxygens (including phenoxy) is 1. The lowest BCUT2D eigenvalue weighted by atomic mass is 9.86. The van der Waals surface area contributed by atoms with E-state index in [-0.39, 0.29) is 12.0 Å². The first-order valence-corrected chi connectivity index (χ1v) is 13.2. The van der Waals surface area contributed by atoms with E-state index in [2.05, 4.69) is 16.6 Å². The van der Waals surface area contributed by atoms with Crippen LogP contribution >= 0.6 is 23.2 Å². The molecule has 2 aromatic carbocycles. The maximum atomic E-state index is 13.3. The lowest BCUT2D eigenvalue weighted by Crippen LogP contribution is -2.53. The van der Waals surface area contributed by atoms with Gasteiger partial charge in [0.1, 0.15) is 0 Å². The number of amides is 1. The molecule has 0 aliphatic carbocycles. The Morgan fingerprint density at radius 2 is 1.89 bits per heavy atom. The van der Waals surface area contributed by atoms with E-state index in [0.29, 0.717) is 51.9 Å². The van der Waals surface area contributed by atoms with Crippen molar-refractivity contribution in [3.05, 3.63) is 69.8 Å². The summed E-state index contributed by atoms with van der Waals surface area (Å²) in [7, 11) is 1.80. The van der Waals surface area contributed by atoms with Crippen LogP contribution in [0, 0.1) is 5.92 Å². The predicted molar refractivity (Wildman–Crippen MR) is 149 cm³/mol. The molecule has 192 valence electrons. The first kappa shape index (κ1) is 26.7. The molecule has 8 heteroatoms. The van der Waals surface area contributed by atoms with Crippen LogP contribution < -0.4 is 5.73 Å². The largest absolute Gasteiger partial charge is 0.398 e. The Kier molecular flexibility index (Phi) is 9.07. The van der Waals surface area contributed by atoms with Crippen LogP contribution in [-0.4, -0.2) is 67.9 Å². The minimum absolute atomic E-state index is 0.0474. The number of aliphatic imine (C=N–C) groups is 1. The second-order valence-electron chi connectivity index (χ2n) is 9.61. The molecule has 0 unspecified atom stereocenters. The average molecular weight is 530 g/mol. The minimum atomic E-state index is -0.0474. The molecule has 2 aliphatic heterocycles. The third-order valence-electron chi connectivity index (χ3n) is 7.48. The molecule has 2 aromatic rings. The van der Waals surface area contributed by atoms with Crippen molar-refractivity contribution in [1.29, 1.82) is 0 Å². The van der Waals surface area contributed by atoms with E-state index in [1.807, 2.05) is 41.3 Å².